The Balaban J connectivity index is 1.49. The first kappa shape index (κ1) is 23.8. The van der Waals surface area contributed by atoms with Crippen molar-refractivity contribution < 1.29 is 18.7 Å². The van der Waals surface area contributed by atoms with Crippen LogP contribution in [0.4, 0.5) is 9.18 Å². The Morgan fingerprint density at radius 2 is 1.67 bits per heavy atom. The lowest BCUT2D eigenvalue weighted by molar-refractivity contribution is -0.123. The lowest BCUT2D eigenvalue weighted by Crippen LogP contribution is -2.27. The Kier molecular flexibility index (Phi) is 7.44. The van der Waals surface area contributed by atoms with E-state index in [4.69, 9.17) is 27.9 Å². The summed E-state index contributed by atoms with van der Waals surface area (Å²) in [4.78, 5) is 26.7. The second-order valence-corrected chi connectivity index (χ2v) is 9.81. The molecule has 0 bridgehead atoms. The molecule has 0 radical (unpaired) electrons. The van der Waals surface area contributed by atoms with Gasteiger partial charge in [-0.15, -0.1) is 0 Å². The minimum Gasteiger partial charge on any atom is -0.486 e. The molecule has 0 N–H and O–H groups in total. The van der Waals surface area contributed by atoms with Crippen LogP contribution in [0.5, 0.6) is 5.75 Å². The Bertz CT molecular complexity index is 1230. The van der Waals surface area contributed by atoms with Crippen molar-refractivity contribution in [3.63, 3.8) is 0 Å². The second kappa shape index (κ2) is 10.3. The number of rotatable bonds is 6. The third kappa shape index (κ3) is 5.79. The highest BCUT2D eigenvalue weighted by Crippen LogP contribution is 2.38. The zero-order chi connectivity index (χ0) is 23.5. The Labute approximate surface area is 212 Å². The number of amides is 2. The molecule has 1 saturated heterocycles. The van der Waals surface area contributed by atoms with Crippen LogP contribution in [0.2, 0.25) is 10.0 Å². The maximum atomic E-state index is 13.1. The number of halogens is 4. The molecule has 1 aliphatic rings. The minimum atomic E-state index is -0.371. The molecule has 0 aromatic heterocycles. The summed E-state index contributed by atoms with van der Waals surface area (Å²) in [6, 6.07) is 16.4. The Hall–Kier alpha value is -2.32. The number of carbonyl (C=O) groups excluding carboxylic acids is 2. The van der Waals surface area contributed by atoms with E-state index in [0.717, 1.165) is 22.9 Å². The monoisotopic (exact) mass is 565 g/mol. The molecule has 3 aromatic rings. The highest BCUT2D eigenvalue weighted by atomic mass is 79.9. The molecule has 0 saturated carbocycles. The predicted octanol–water partition coefficient (Wildman–Crippen LogP) is 7.71. The van der Waals surface area contributed by atoms with E-state index >= 15 is 0 Å². The van der Waals surface area contributed by atoms with Crippen LogP contribution in [0, 0.1) is 5.82 Å². The number of benzene rings is 3. The van der Waals surface area contributed by atoms with E-state index in [-0.39, 0.29) is 30.1 Å². The molecule has 4 nitrogen and oxygen atoms in total. The van der Waals surface area contributed by atoms with Gasteiger partial charge in [-0.05, 0) is 86.9 Å². The van der Waals surface area contributed by atoms with Gasteiger partial charge < -0.3 is 4.74 Å². The van der Waals surface area contributed by atoms with Crippen LogP contribution in [0.15, 0.2) is 70.0 Å². The van der Waals surface area contributed by atoms with Gasteiger partial charge in [0.25, 0.3) is 11.1 Å². The zero-order valence-electron chi connectivity index (χ0n) is 16.9. The quantitative estimate of drug-likeness (QED) is 0.287. The first-order chi connectivity index (χ1) is 15.8. The van der Waals surface area contributed by atoms with Crippen molar-refractivity contribution in [1.29, 1.82) is 0 Å². The van der Waals surface area contributed by atoms with Crippen molar-refractivity contribution in [2.24, 2.45) is 0 Å². The Morgan fingerprint density at radius 1 is 1.00 bits per heavy atom. The first-order valence-corrected chi connectivity index (χ1v) is 12.0. The van der Waals surface area contributed by atoms with Crippen molar-refractivity contribution in [1.82, 2.24) is 4.90 Å². The van der Waals surface area contributed by atoms with Crippen molar-refractivity contribution in [3.8, 4) is 5.75 Å². The summed E-state index contributed by atoms with van der Waals surface area (Å²) >= 11 is 16.6. The highest BCUT2D eigenvalue weighted by molar-refractivity contribution is 9.10. The molecule has 0 unspecified atom stereocenters. The standard InChI is InChI=1S/C24H15BrCl2FNO3S/c25-19-9-16(10-20(27)22(19)32-13-15-3-7-18(28)8-4-15)11-21-23(30)29(24(31)33-21)12-14-1-5-17(26)6-2-14/h1-11H,12-13H2/b21-11+. The largest absolute Gasteiger partial charge is 0.486 e. The van der Waals surface area contributed by atoms with Crippen LogP contribution in [0.3, 0.4) is 0 Å². The number of nitrogens with zero attached hydrogens (tertiary/aromatic N) is 1. The molecule has 33 heavy (non-hydrogen) atoms. The van der Waals surface area contributed by atoms with E-state index < -0.39 is 0 Å². The number of imide groups is 1. The van der Waals surface area contributed by atoms with Gasteiger partial charge in [-0.1, -0.05) is 47.5 Å². The van der Waals surface area contributed by atoms with Gasteiger partial charge in [-0.2, -0.15) is 0 Å². The van der Waals surface area contributed by atoms with Gasteiger partial charge in [-0.25, -0.2) is 4.39 Å². The van der Waals surface area contributed by atoms with E-state index in [1.54, 1.807) is 54.6 Å². The molecule has 0 aliphatic carbocycles. The summed E-state index contributed by atoms with van der Waals surface area (Å²) in [5.74, 6) is -0.266. The lowest BCUT2D eigenvalue weighted by atomic mass is 10.2. The topological polar surface area (TPSA) is 46.6 Å². The Morgan fingerprint density at radius 3 is 2.33 bits per heavy atom. The predicted molar refractivity (Wildman–Crippen MR) is 133 cm³/mol. The summed E-state index contributed by atoms with van der Waals surface area (Å²) in [6.07, 6.45) is 1.62. The fraction of sp³-hybridized carbons (Fsp3) is 0.0833. The van der Waals surface area contributed by atoms with Gasteiger partial charge in [0.05, 0.1) is 20.9 Å². The molecule has 168 valence electrons. The molecule has 2 amide bonds. The summed E-state index contributed by atoms with van der Waals surface area (Å²) in [5, 5.41) is 0.573. The van der Waals surface area contributed by atoms with Crippen molar-refractivity contribution in [3.05, 3.63) is 103 Å². The average molecular weight is 567 g/mol. The first-order valence-electron chi connectivity index (χ1n) is 9.66. The minimum absolute atomic E-state index is 0.166. The van der Waals surface area contributed by atoms with Gasteiger partial charge in [0.1, 0.15) is 12.4 Å². The number of hydrogen-bond acceptors (Lipinski definition) is 4. The van der Waals surface area contributed by atoms with Gasteiger partial charge >= 0.3 is 0 Å². The van der Waals surface area contributed by atoms with E-state index in [1.807, 2.05) is 0 Å². The zero-order valence-corrected chi connectivity index (χ0v) is 20.8. The SMILES string of the molecule is O=C1S/C(=C/c2cc(Cl)c(OCc3ccc(F)cc3)c(Br)c2)C(=O)N1Cc1ccc(Cl)cc1. The van der Waals surface area contributed by atoms with Crippen LogP contribution in [-0.4, -0.2) is 16.0 Å². The molecule has 0 spiro atoms. The second-order valence-electron chi connectivity index (χ2n) is 7.12. The summed E-state index contributed by atoms with van der Waals surface area (Å²) in [6.45, 7) is 0.376. The molecular weight excluding hydrogens is 552 g/mol. The van der Waals surface area contributed by atoms with Crippen molar-refractivity contribution in [2.75, 3.05) is 0 Å². The fourth-order valence-corrected chi connectivity index (χ4v) is 5.05. The summed E-state index contributed by atoms with van der Waals surface area (Å²) in [5.41, 5.74) is 2.23. The van der Waals surface area contributed by atoms with Gasteiger partial charge in [-0.3, -0.25) is 14.5 Å². The molecule has 1 fully saturated rings. The normalized spacial score (nSPS) is 14.9. The fourth-order valence-electron chi connectivity index (χ4n) is 3.10. The third-order valence-electron chi connectivity index (χ3n) is 4.74. The summed E-state index contributed by atoms with van der Waals surface area (Å²) < 4.78 is 19.4. The maximum Gasteiger partial charge on any atom is 0.293 e. The number of thioether (sulfide) groups is 1. The van der Waals surface area contributed by atoms with Crippen molar-refractivity contribution >= 4 is 68.1 Å². The molecular formula is C24H15BrCl2FNO3S. The van der Waals surface area contributed by atoms with Gasteiger partial charge in [0, 0.05) is 5.02 Å². The van der Waals surface area contributed by atoms with E-state index in [2.05, 4.69) is 15.9 Å². The van der Waals surface area contributed by atoms with Crippen LogP contribution in [-0.2, 0) is 17.9 Å². The van der Waals surface area contributed by atoms with Crippen LogP contribution >= 0.6 is 50.9 Å². The molecule has 3 aromatic carbocycles. The highest BCUT2D eigenvalue weighted by Gasteiger charge is 2.35. The van der Waals surface area contributed by atoms with Crippen LogP contribution in [0.1, 0.15) is 16.7 Å². The molecule has 1 heterocycles. The molecule has 1 aliphatic heterocycles. The number of carbonyl (C=O) groups is 2. The maximum absolute atomic E-state index is 13.1. The number of ether oxygens (including phenoxy) is 1. The van der Waals surface area contributed by atoms with Gasteiger partial charge in [0.15, 0.2) is 5.75 Å². The molecule has 0 atom stereocenters. The van der Waals surface area contributed by atoms with Crippen LogP contribution in [0.25, 0.3) is 6.08 Å². The van der Waals surface area contributed by atoms with E-state index in [0.29, 0.717) is 30.7 Å². The van der Waals surface area contributed by atoms with Crippen molar-refractivity contribution in [2.45, 2.75) is 13.2 Å². The third-order valence-corrected chi connectivity index (χ3v) is 6.77. The molecule has 9 heteroatoms. The average Bonchev–Trinajstić information content (AvgIpc) is 3.03. The summed E-state index contributed by atoms with van der Waals surface area (Å²) in [7, 11) is 0. The number of hydrogen-bond donors (Lipinski definition) is 0. The van der Waals surface area contributed by atoms with E-state index in [9.17, 15) is 14.0 Å². The molecule has 4 rings (SSSR count). The smallest absolute Gasteiger partial charge is 0.293 e. The van der Waals surface area contributed by atoms with Crippen LogP contribution < -0.4 is 4.74 Å². The van der Waals surface area contributed by atoms with Gasteiger partial charge in [0.2, 0.25) is 0 Å². The lowest BCUT2D eigenvalue weighted by Gasteiger charge is -2.12. The van der Waals surface area contributed by atoms with E-state index in [1.165, 1.54) is 17.0 Å².